The Morgan fingerprint density at radius 2 is 2.24 bits per heavy atom. The van der Waals surface area contributed by atoms with Crippen LogP contribution in [0.5, 0.6) is 0 Å². The van der Waals surface area contributed by atoms with Gasteiger partial charge in [-0.2, -0.15) is 4.98 Å². The monoisotopic (exact) mass is 251 g/mol. The van der Waals surface area contributed by atoms with Crippen LogP contribution in [-0.4, -0.2) is 10.1 Å². The van der Waals surface area contributed by atoms with Gasteiger partial charge in [0.2, 0.25) is 0 Å². The van der Waals surface area contributed by atoms with Crippen LogP contribution in [0.4, 0.5) is 5.00 Å². The molecule has 2 N–H and O–H groups in total. The van der Waals surface area contributed by atoms with Crippen molar-refractivity contribution in [3.63, 3.8) is 0 Å². The van der Waals surface area contributed by atoms with Crippen LogP contribution in [0.15, 0.2) is 10.6 Å². The zero-order valence-corrected chi connectivity index (χ0v) is 11.0. The van der Waals surface area contributed by atoms with Gasteiger partial charge in [-0.15, -0.1) is 11.3 Å². The average molecular weight is 251 g/mol. The third kappa shape index (κ3) is 2.66. The molecule has 0 saturated heterocycles. The van der Waals surface area contributed by atoms with Crippen LogP contribution in [0.25, 0.3) is 11.5 Å². The van der Waals surface area contributed by atoms with Gasteiger partial charge in [0.15, 0.2) is 5.82 Å². The number of hydrogen-bond acceptors (Lipinski definition) is 5. The second-order valence-corrected chi connectivity index (χ2v) is 5.13. The fourth-order valence-electron chi connectivity index (χ4n) is 1.60. The van der Waals surface area contributed by atoms with E-state index in [4.69, 9.17) is 10.3 Å². The third-order valence-corrected chi connectivity index (χ3v) is 3.72. The molecule has 2 heterocycles. The van der Waals surface area contributed by atoms with Gasteiger partial charge in [-0.05, 0) is 18.9 Å². The number of thiophene rings is 1. The number of nitrogen functional groups attached to an aromatic ring is 1. The molecule has 0 spiro atoms. The molecule has 0 aliphatic rings. The summed E-state index contributed by atoms with van der Waals surface area (Å²) in [6.07, 6.45) is 4.05. The molecule has 2 aromatic rings. The maximum absolute atomic E-state index is 5.95. The first-order valence-electron chi connectivity index (χ1n) is 5.95. The van der Waals surface area contributed by atoms with Gasteiger partial charge in [0.25, 0.3) is 5.89 Å². The highest BCUT2D eigenvalue weighted by molar-refractivity contribution is 7.16. The zero-order valence-electron chi connectivity index (χ0n) is 10.2. The van der Waals surface area contributed by atoms with Gasteiger partial charge in [0, 0.05) is 11.3 Å². The fourth-order valence-corrected chi connectivity index (χ4v) is 2.46. The Labute approximate surface area is 105 Å². The number of aryl methyl sites for hydroxylation is 2. The van der Waals surface area contributed by atoms with Crippen molar-refractivity contribution in [3.05, 3.63) is 16.8 Å². The number of unbranched alkanes of at least 4 members (excludes halogenated alkanes) is 1. The average Bonchev–Trinajstić information content (AvgIpc) is 2.92. The zero-order chi connectivity index (χ0) is 12.3. The second kappa shape index (κ2) is 5.31. The minimum Gasteiger partial charge on any atom is -0.390 e. The van der Waals surface area contributed by atoms with E-state index in [1.54, 1.807) is 11.3 Å². The Hall–Kier alpha value is -1.36. The van der Waals surface area contributed by atoms with Crippen molar-refractivity contribution in [2.75, 3.05) is 5.73 Å². The lowest BCUT2D eigenvalue weighted by Gasteiger charge is -1.90. The summed E-state index contributed by atoms with van der Waals surface area (Å²) >= 11 is 1.59. The van der Waals surface area contributed by atoms with E-state index in [9.17, 15) is 0 Å². The standard InChI is InChI=1S/C12H17N3OS/c1-3-5-6-10-14-12(16-15-10)9-7-8(4-2)17-11(9)13/h7H,3-6,13H2,1-2H3. The van der Waals surface area contributed by atoms with Gasteiger partial charge in [-0.25, -0.2) is 0 Å². The van der Waals surface area contributed by atoms with Gasteiger partial charge >= 0.3 is 0 Å². The minimum atomic E-state index is 0.546. The molecule has 92 valence electrons. The Kier molecular flexibility index (Phi) is 3.78. The highest BCUT2D eigenvalue weighted by atomic mass is 32.1. The van der Waals surface area contributed by atoms with E-state index in [0.717, 1.165) is 42.1 Å². The van der Waals surface area contributed by atoms with Crippen molar-refractivity contribution in [3.8, 4) is 11.5 Å². The van der Waals surface area contributed by atoms with Crippen molar-refractivity contribution in [2.24, 2.45) is 0 Å². The largest absolute Gasteiger partial charge is 0.390 e. The number of anilines is 1. The quantitative estimate of drug-likeness (QED) is 0.885. The van der Waals surface area contributed by atoms with Crippen molar-refractivity contribution in [1.29, 1.82) is 0 Å². The molecule has 0 bridgehead atoms. The number of rotatable bonds is 5. The SMILES string of the molecule is CCCCc1noc(-c2cc(CC)sc2N)n1. The topological polar surface area (TPSA) is 64.9 Å². The van der Waals surface area contributed by atoms with Crippen LogP contribution in [0, 0.1) is 0 Å². The Morgan fingerprint density at radius 3 is 2.88 bits per heavy atom. The molecule has 5 heteroatoms. The third-order valence-electron chi connectivity index (χ3n) is 2.61. The summed E-state index contributed by atoms with van der Waals surface area (Å²) in [5.41, 5.74) is 6.83. The summed E-state index contributed by atoms with van der Waals surface area (Å²) in [5, 5.41) is 4.73. The normalized spacial score (nSPS) is 10.9. The molecule has 0 unspecified atom stereocenters. The van der Waals surface area contributed by atoms with Crippen molar-refractivity contribution in [2.45, 2.75) is 39.5 Å². The van der Waals surface area contributed by atoms with Crippen LogP contribution in [-0.2, 0) is 12.8 Å². The van der Waals surface area contributed by atoms with Gasteiger partial charge in [0.05, 0.1) is 10.6 Å². The van der Waals surface area contributed by atoms with Crippen LogP contribution in [0.3, 0.4) is 0 Å². The molecule has 0 radical (unpaired) electrons. The molecule has 2 rings (SSSR count). The van der Waals surface area contributed by atoms with Crippen LogP contribution in [0.1, 0.15) is 37.4 Å². The van der Waals surface area contributed by atoms with E-state index in [1.807, 2.05) is 6.07 Å². The number of nitrogens with zero attached hydrogens (tertiary/aromatic N) is 2. The number of aromatic nitrogens is 2. The number of nitrogens with two attached hydrogens (primary N) is 1. The first-order valence-corrected chi connectivity index (χ1v) is 6.77. The van der Waals surface area contributed by atoms with Crippen molar-refractivity contribution < 1.29 is 4.52 Å². The molecular formula is C12H17N3OS. The lowest BCUT2D eigenvalue weighted by molar-refractivity contribution is 0.422. The molecule has 0 aliphatic heterocycles. The molecule has 0 atom stereocenters. The van der Waals surface area contributed by atoms with Crippen molar-refractivity contribution >= 4 is 16.3 Å². The maximum atomic E-state index is 5.95. The molecule has 2 aromatic heterocycles. The predicted octanol–water partition coefficient (Wildman–Crippen LogP) is 3.29. The van der Waals surface area contributed by atoms with Crippen LogP contribution >= 0.6 is 11.3 Å². The summed E-state index contributed by atoms with van der Waals surface area (Å²) in [7, 11) is 0. The number of hydrogen-bond donors (Lipinski definition) is 1. The smallest absolute Gasteiger partial charge is 0.260 e. The Balaban J connectivity index is 2.20. The predicted molar refractivity (Wildman–Crippen MR) is 70.0 cm³/mol. The van der Waals surface area contributed by atoms with Gasteiger partial charge < -0.3 is 10.3 Å². The Morgan fingerprint density at radius 1 is 1.41 bits per heavy atom. The van der Waals surface area contributed by atoms with Gasteiger partial charge in [-0.3, -0.25) is 0 Å². The van der Waals surface area contributed by atoms with Crippen LogP contribution < -0.4 is 5.73 Å². The molecule has 0 fully saturated rings. The lowest BCUT2D eigenvalue weighted by atomic mass is 10.2. The second-order valence-electron chi connectivity index (χ2n) is 3.96. The van der Waals surface area contributed by atoms with E-state index in [-0.39, 0.29) is 0 Å². The molecule has 0 saturated carbocycles. The molecule has 17 heavy (non-hydrogen) atoms. The first kappa shape index (κ1) is 12.1. The Bertz CT molecular complexity index is 490. The van der Waals surface area contributed by atoms with E-state index < -0.39 is 0 Å². The van der Waals surface area contributed by atoms with Gasteiger partial charge in [-0.1, -0.05) is 25.4 Å². The molecular weight excluding hydrogens is 234 g/mol. The van der Waals surface area contributed by atoms with Crippen molar-refractivity contribution in [1.82, 2.24) is 10.1 Å². The molecule has 4 nitrogen and oxygen atoms in total. The molecule has 0 aromatic carbocycles. The summed E-state index contributed by atoms with van der Waals surface area (Å²) < 4.78 is 5.25. The molecule has 0 amide bonds. The summed E-state index contributed by atoms with van der Waals surface area (Å²) in [6.45, 7) is 4.25. The minimum absolute atomic E-state index is 0.546. The van der Waals surface area contributed by atoms with E-state index in [0.29, 0.717) is 5.89 Å². The lowest BCUT2D eigenvalue weighted by Crippen LogP contribution is -1.88. The summed E-state index contributed by atoms with van der Waals surface area (Å²) in [5.74, 6) is 1.31. The summed E-state index contributed by atoms with van der Waals surface area (Å²) in [6, 6.07) is 2.04. The fraction of sp³-hybridized carbons (Fsp3) is 0.500. The highest BCUT2D eigenvalue weighted by Gasteiger charge is 2.14. The summed E-state index contributed by atoms with van der Waals surface area (Å²) in [4.78, 5) is 5.62. The van der Waals surface area contributed by atoms with Gasteiger partial charge in [0.1, 0.15) is 0 Å². The maximum Gasteiger partial charge on any atom is 0.260 e. The van der Waals surface area contributed by atoms with Crippen LogP contribution in [0.2, 0.25) is 0 Å². The molecule has 0 aliphatic carbocycles. The van der Waals surface area contributed by atoms with E-state index >= 15 is 0 Å². The van der Waals surface area contributed by atoms with E-state index in [1.165, 1.54) is 4.88 Å². The van der Waals surface area contributed by atoms with E-state index in [2.05, 4.69) is 24.0 Å². The first-order chi connectivity index (χ1) is 8.24. The highest BCUT2D eigenvalue weighted by Crippen LogP contribution is 2.33.